The van der Waals surface area contributed by atoms with Gasteiger partial charge >= 0.3 is 0 Å². The number of rotatable bonds is 8. The molecule has 0 aromatic heterocycles. The van der Waals surface area contributed by atoms with Gasteiger partial charge in [0.05, 0.1) is 5.69 Å². The molecule has 0 saturated carbocycles. The van der Waals surface area contributed by atoms with Gasteiger partial charge in [-0.1, -0.05) is 84.9 Å². The monoisotopic (exact) mass is 499 g/mol. The number of aliphatic imine (C=N–C) groups is 1. The molecule has 0 spiro atoms. The van der Waals surface area contributed by atoms with Crippen LogP contribution in [0.25, 0.3) is 10.8 Å². The summed E-state index contributed by atoms with van der Waals surface area (Å²) < 4.78 is 12.3. The summed E-state index contributed by atoms with van der Waals surface area (Å²) in [4.78, 5) is 4.74. The van der Waals surface area contributed by atoms with E-state index >= 15 is 0 Å². The second kappa shape index (κ2) is 10.7. The van der Waals surface area contributed by atoms with Crippen molar-refractivity contribution >= 4 is 28.1 Å². The van der Waals surface area contributed by atoms with E-state index in [4.69, 9.17) is 20.2 Å². The van der Waals surface area contributed by atoms with Gasteiger partial charge in [0.2, 0.25) is 0 Å². The zero-order chi connectivity index (χ0) is 25.7. The molecule has 5 aromatic carbocycles. The average Bonchev–Trinajstić information content (AvgIpc) is 3.40. The van der Waals surface area contributed by atoms with E-state index in [1.807, 2.05) is 78.9 Å². The molecule has 5 aromatic rings. The summed E-state index contributed by atoms with van der Waals surface area (Å²) in [5.41, 5.74) is 12.9. The summed E-state index contributed by atoms with van der Waals surface area (Å²) in [6.07, 6.45) is 2.02. The van der Waals surface area contributed by atoms with Crippen molar-refractivity contribution in [1.29, 1.82) is 0 Å². The number of hydrogen-bond donors (Lipinski definition) is 2. The summed E-state index contributed by atoms with van der Waals surface area (Å²) in [5.74, 6) is 1.63. The van der Waals surface area contributed by atoms with Crippen LogP contribution in [0.3, 0.4) is 0 Å². The summed E-state index contributed by atoms with van der Waals surface area (Å²) in [7, 11) is 0. The molecule has 0 unspecified atom stereocenters. The lowest BCUT2D eigenvalue weighted by Gasteiger charge is -2.15. The maximum atomic E-state index is 6.38. The zero-order valence-electron chi connectivity index (χ0n) is 21.1. The van der Waals surface area contributed by atoms with Gasteiger partial charge in [0.1, 0.15) is 13.2 Å². The third-order valence-electron chi connectivity index (χ3n) is 6.79. The molecule has 0 fully saturated rings. The molecule has 38 heavy (non-hydrogen) atoms. The van der Waals surface area contributed by atoms with E-state index in [0.717, 1.165) is 35.3 Å². The molecule has 0 saturated heterocycles. The number of nitrogens with two attached hydrogens (primary N) is 1. The van der Waals surface area contributed by atoms with Crippen LogP contribution in [0.4, 0.5) is 11.4 Å². The lowest BCUT2D eigenvalue weighted by atomic mass is 10.0. The van der Waals surface area contributed by atoms with Gasteiger partial charge in [-0.2, -0.15) is 0 Å². The molecule has 0 radical (unpaired) electrons. The van der Waals surface area contributed by atoms with Gasteiger partial charge < -0.3 is 20.5 Å². The van der Waals surface area contributed by atoms with Gasteiger partial charge in [0.25, 0.3) is 0 Å². The van der Waals surface area contributed by atoms with E-state index in [9.17, 15) is 0 Å². The van der Waals surface area contributed by atoms with Crippen molar-refractivity contribution in [1.82, 2.24) is 0 Å². The fourth-order valence-electron chi connectivity index (χ4n) is 4.94. The molecule has 5 nitrogen and oxygen atoms in total. The molecular formula is C33H29N3O2. The Morgan fingerprint density at radius 3 is 2.16 bits per heavy atom. The Labute approximate surface area is 222 Å². The van der Waals surface area contributed by atoms with Gasteiger partial charge in [-0.25, -0.2) is 4.99 Å². The SMILES string of the molecule is NC(=Nc1ccc2cccc3c2c1CC3)Nc1ccc(OCc2ccccc2)c(OCc2ccccc2)c1. The minimum Gasteiger partial charge on any atom is -0.485 e. The molecular weight excluding hydrogens is 470 g/mol. The maximum absolute atomic E-state index is 6.38. The van der Waals surface area contributed by atoms with Crippen LogP contribution in [-0.4, -0.2) is 5.96 Å². The Hall–Kier alpha value is -4.77. The van der Waals surface area contributed by atoms with E-state index in [-0.39, 0.29) is 0 Å². The minimum atomic E-state index is 0.331. The van der Waals surface area contributed by atoms with Crippen LogP contribution in [-0.2, 0) is 26.1 Å². The smallest absolute Gasteiger partial charge is 0.198 e. The molecule has 5 heteroatoms. The zero-order valence-corrected chi connectivity index (χ0v) is 21.1. The summed E-state index contributed by atoms with van der Waals surface area (Å²) in [6, 6.07) is 36.5. The van der Waals surface area contributed by atoms with Gasteiger partial charge in [0, 0.05) is 11.8 Å². The van der Waals surface area contributed by atoms with Crippen molar-refractivity contribution in [2.75, 3.05) is 5.32 Å². The quantitative estimate of drug-likeness (QED) is 0.176. The highest BCUT2D eigenvalue weighted by Gasteiger charge is 2.17. The first-order valence-electron chi connectivity index (χ1n) is 12.8. The van der Waals surface area contributed by atoms with Crippen LogP contribution in [0, 0.1) is 0 Å². The van der Waals surface area contributed by atoms with Crippen molar-refractivity contribution in [3.05, 3.63) is 131 Å². The standard InChI is InChI=1S/C33H29N3O2/c34-33(36-29-18-15-26-13-7-12-25-14-17-28(29)32(25)26)35-27-16-19-30(37-21-23-8-3-1-4-9-23)31(20-27)38-22-24-10-5-2-6-11-24/h1-13,15-16,18-20H,14,17,21-22H2,(H3,34,35,36). The van der Waals surface area contributed by atoms with Crippen molar-refractivity contribution in [3.8, 4) is 11.5 Å². The van der Waals surface area contributed by atoms with Gasteiger partial charge in [-0.3, -0.25) is 0 Å². The van der Waals surface area contributed by atoms with E-state index in [1.165, 1.54) is 21.9 Å². The fourth-order valence-corrected chi connectivity index (χ4v) is 4.94. The van der Waals surface area contributed by atoms with Crippen molar-refractivity contribution in [3.63, 3.8) is 0 Å². The minimum absolute atomic E-state index is 0.331. The van der Waals surface area contributed by atoms with Crippen molar-refractivity contribution < 1.29 is 9.47 Å². The highest BCUT2D eigenvalue weighted by atomic mass is 16.5. The summed E-state index contributed by atoms with van der Waals surface area (Å²) in [5, 5.41) is 5.81. The van der Waals surface area contributed by atoms with E-state index in [0.29, 0.717) is 30.7 Å². The Morgan fingerprint density at radius 2 is 1.42 bits per heavy atom. The first-order chi connectivity index (χ1) is 18.7. The number of anilines is 1. The lowest BCUT2D eigenvalue weighted by Crippen LogP contribution is -2.22. The van der Waals surface area contributed by atoms with Crippen LogP contribution < -0.4 is 20.5 Å². The van der Waals surface area contributed by atoms with E-state index in [2.05, 4.69) is 35.6 Å². The second-order valence-electron chi connectivity index (χ2n) is 9.41. The summed E-state index contributed by atoms with van der Waals surface area (Å²) in [6.45, 7) is 0.879. The average molecular weight is 500 g/mol. The molecule has 6 rings (SSSR count). The molecule has 1 aliphatic carbocycles. The Morgan fingerprint density at radius 1 is 0.711 bits per heavy atom. The number of guanidine groups is 1. The van der Waals surface area contributed by atoms with Crippen molar-refractivity contribution in [2.45, 2.75) is 26.1 Å². The predicted molar refractivity (Wildman–Crippen MR) is 154 cm³/mol. The Bertz CT molecular complexity index is 1600. The predicted octanol–water partition coefficient (Wildman–Crippen LogP) is 7.15. The Balaban J connectivity index is 1.24. The van der Waals surface area contributed by atoms with E-state index in [1.54, 1.807) is 0 Å². The van der Waals surface area contributed by atoms with E-state index < -0.39 is 0 Å². The van der Waals surface area contributed by atoms with Crippen LogP contribution >= 0.6 is 0 Å². The Kier molecular flexibility index (Phi) is 6.64. The second-order valence-corrected chi connectivity index (χ2v) is 9.41. The maximum Gasteiger partial charge on any atom is 0.198 e. The normalized spacial score (nSPS) is 12.5. The number of aryl methyl sites for hydroxylation is 2. The van der Waals surface area contributed by atoms with Gasteiger partial charge in [-0.05, 0) is 64.1 Å². The first kappa shape index (κ1) is 23.6. The summed E-state index contributed by atoms with van der Waals surface area (Å²) >= 11 is 0. The number of ether oxygens (including phenoxy) is 2. The van der Waals surface area contributed by atoms with Crippen LogP contribution in [0.2, 0.25) is 0 Å². The van der Waals surface area contributed by atoms with Crippen LogP contribution in [0.15, 0.2) is 114 Å². The lowest BCUT2D eigenvalue weighted by molar-refractivity contribution is 0.256. The molecule has 0 atom stereocenters. The topological polar surface area (TPSA) is 68.9 Å². The molecule has 0 bridgehead atoms. The largest absolute Gasteiger partial charge is 0.485 e. The number of nitrogens with one attached hydrogen (secondary N) is 1. The number of nitrogens with zero attached hydrogens (tertiary/aromatic N) is 1. The fraction of sp³-hybridized carbons (Fsp3) is 0.121. The highest BCUT2D eigenvalue weighted by molar-refractivity contribution is 5.98. The highest BCUT2D eigenvalue weighted by Crippen LogP contribution is 2.37. The third kappa shape index (κ3) is 5.18. The molecule has 0 amide bonds. The third-order valence-corrected chi connectivity index (χ3v) is 6.79. The molecule has 0 heterocycles. The molecule has 0 aliphatic heterocycles. The molecule has 1 aliphatic rings. The van der Waals surface area contributed by atoms with Gasteiger partial charge in [0.15, 0.2) is 17.5 Å². The number of benzene rings is 5. The molecule has 3 N–H and O–H groups in total. The van der Waals surface area contributed by atoms with Crippen LogP contribution in [0.5, 0.6) is 11.5 Å². The van der Waals surface area contributed by atoms with Gasteiger partial charge in [-0.15, -0.1) is 0 Å². The van der Waals surface area contributed by atoms with Crippen LogP contribution in [0.1, 0.15) is 22.3 Å². The first-order valence-corrected chi connectivity index (χ1v) is 12.8. The molecule has 188 valence electrons. The number of hydrogen-bond acceptors (Lipinski definition) is 3. The van der Waals surface area contributed by atoms with Crippen molar-refractivity contribution in [2.24, 2.45) is 10.7 Å².